The Morgan fingerprint density at radius 2 is 2.08 bits per heavy atom. The van der Waals surface area contributed by atoms with Crippen molar-refractivity contribution in [2.24, 2.45) is 17.8 Å². The van der Waals surface area contributed by atoms with Crippen molar-refractivity contribution < 1.29 is 4.79 Å². The van der Waals surface area contributed by atoms with E-state index in [9.17, 15) is 4.79 Å². The minimum Gasteiger partial charge on any atom is -0.353 e. The molecule has 2 saturated carbocycles. The zero-order chi connectivity index (χ0) is 16.5. The summed E-state index contributed by atoms with van der Waals surface area (Å²) in [6, 6.07) is 9.09. The van der Waals surface area contributed by atoms with Crippen molar-refractivity contribution in [1.29, 1.82) is 0 Å². The van der Waals surface area contributed by atoms with Crippen LogP contribution < -0.4 is 5.32 Å². The minimum absolute atomic E-state index is 0.182. The van der Waals surface area contributed by atoms with Crippen LogP contribution >= 0.6 is 0 Å². The third kappa shape index (κ3) is 3.37. The molecule has 1 N–H and O–H groups in total. The standard InChI is InChI=1S/C21H30N2O/c1-15-5-2-3-6-18(15)13-23-10-4-7-19(14-23)21(24)22-20-12-16-8-9-17(20)11-16/h2-3,5-6,16-17,19-20H,4,7-14H2,1H3,(H,22,24). The zero-order valence-electron chi connectivity index (χ0n) is 14.8. The molecule has 1 saturated heterocycles. The molecule has 1 aromatic carbocycles. The third-order valence-electron chi connectivity index (χ3n) is 6.60. The Morgan fingerprint density at radius 3 is 2.83 bits per heavy atom. The molecule has 3 fully saturated rings. The molecule has 2 aliphatic carbocycles. The van der Waals surface area contributed by atoms with Gasteiger partial charge < -0.3 is 5.32 Å². The summed E-state index contributed by atoms with van der Waals surface area (Å²) >= 11 is 0. The van der Waals surface area contributed by atoms with Crippen LogP contribution in [0.25, 0.3) is 0 Å². The van der Waals surface area contributed by atoms with E-state index in [1.165, 1.54) is 36.8 Å². The second-order valence-corrected chi connectivity index (χ2v) is 8.29. The molecular weight excluding hydrogens is 296 g/mol. The first kappa shape index (κ1) is 16.1. The number of piperidine rings is 1. The lowest BCUT2D eigenvalue weighted by Gasteiger charge is -2.33. The first-order chi connectivity index (χ1) is 11.7. The largest absolute Gasteiger partial charge is 0.353 e. The van der Waals surface area contributed by atoms with E-state index >= 15 is 0 Å². The number of aryl methyl sites for hydroxylation is 1. The molecule has 4 unspecified atom stereocenters. The lowest BCUT2D eigenvalue weighted by molar-refractivity contribution is -0.127. The van der Waals surface area contributed by atoms with Gasteiger partial charge >= 0.3 is 0 Å². The van der Waals surface area contributed by atoms with Gasteiger partial charge in [0, 0.05) is 19.1 Å². The van der Waals surface area contributed by atoms with Crippen LogP contribution in [0.3, 0.4) is 0 Å². The van der Waals surface area contributed by atoms with Gasteiger partial charge in [-0.15, -0.1) is 0 Å². The maximum Gasteiger partial charge on any atom is 0.224 e. The van der Waals surface area contributed by atoms with E-state index in [-0.39, 0.29) is 5.92 Å². The Bertz CT molecular complexity index is 599. The summed E-state index contributed by atoms with van der Waals surface area (Å²) in [5, 5.41) is 3.41. The predicted molar refractivity (Wildman–Crippen MR) is 96.6 cm³/mol. The number of likely N-dealkylation sites (tertiary alicyclic amines) is 1. The summed E-state index contributed by atoms with van der Waals surface area (Å²) in [6.45, 7) is 5.19. The van der Waals surface area contributed by atoms with Crippen LogP contribution in [-0.2, 0) is 11.3 Å². The molecule has 1 aliphatic heterocycles. The van der Waals surface area contributed by atoms with E-state index in [1.54, 1.807) is 0 Å². The van der Waals surface area contributed by atoms with E-state index in [1.807, 2.05) is 0 Å². The lowest BCUT2D eigenvalue weighted by Crippen LogP contribution is -2.47. The molecule has 1 heterocycles. The Kier molecular flexibility index (Phi) is 4.62. The van der Waals surface area contributed by atoms with Gasteiger partial charge in [0.1, 0.15) is 0 Å². The molecule has 0 aromatic heterocycles. The van der Waals surface area contributed by atoms with E-state index in [4.69, 9.17) is 0 Å². The molecular formula is C21H30N2O. The summed E-state index contributed by atoms with van der Waals surface area (Å²) < 4.78 is 0. The van der Waals surface area contributed by atoms with Crippen molar-refractivity contribution in [1.82, 2.24) is 10.2 Å². The SMILES string of the molecule is Cc1ccccc1CN1CCCC(C(=O)NC2CC3CCC2C3)C1. The van der Waals surface area contributed by atoms with Crippen LogP contribution in [0, 0.1) is 24.7 Å². The number of hydrogen-bond donors (Lipinski definition) is 1. The van der Waals surface area contributed by atoms with E-state index in [0.29, 0.717) is 11.9 Å². The maximum atomic E-state index is 12.8. The van der Waals surface area contributed by atoms with Crippen LogP contribution in [-0.4, -0.2) is 29.9 Å². The molecule has 0 spiro atoms. The van der Waals surface area contributed by atoms with Gasteiger partial charge in [-0.2, -0.15) is 0 Å². The van der Waals surface area contributed by atoms with Crippen LogP contribution in [0.5, 0.6) is 0 Å². The van der Waals surface area contributed by atoms with Gasteiger partial charge in [0.05, 0.1) is 5.92 Å². The highest BCUT2D eigenvalue weighted by Crippen LogP contribution is 2.44. The fourth-order valence-electron chi connectivity index (χ4n) is 5.16. The number of hydrogen-bond acceptors (Lipinski definition) is 2. The first-order valence-electron chi connectivity index (χ1n) is 9.76. The summed E-state index contributed by atoms with van der Waals surface area (Å²) in [6.07, 6.45) is 7.51. The van der Waals surface area contributed by atoms with Crippen molar-refractivity contribution in [2.75, 3.05) is 13.1 Å². The van der Waals surface area contributed by atoms with Gasteiger partial charge in [-0.3, -0.25) is 9.69 Å². The molecule has 24 heavy (non-hydrogen) atoms. The normalized spacial score (nSPS) is 32.9. The molecule has 4 atom stereocenters. The smallest absolute Gasteiger partial charge is 0.224 e. The third-order valence-corrected chi connectivity index (χ3v) is 6.60. The summed E-state index contributed by atoms with van der Waals surface area (Å²) in [7, 11) is 0. The van der Waals surface area contributed by atoms with E-state index < -0.39 is 0 Å². The number of carbonyl (C=O) groups excluding carboxylic acids is 1. The van der Waals surface area contributed by atoms with Gasteiger partial charge in [-0.05, 0) is 68.5 Å². The monoisotopic (exact) mass is 326 g/mol. The molecule has 3 aliphatic rings. The average molecular weight is 326 g/mol. The average Bonchev–Trinajstić information content (AvgIpc) is 3.20. The van der Waals surface area contributed by atoms with Gasteiger partial charge in [0.15, 0.2) is 0 Å². The Balaban J connectivity index is 1.33. The van der Waals surface area contributed by atoms with Gasteiger partial charge in [-0.1, -0.05) is 30.7 Å². The predicted octanol–water partition coefficient (Wildman–Crippen LogP) is 3.51. The number of nitrogens with one attached hydrogen (secondary N) is 1. The second-order valence-electron chi connectivity index (χ2n) is 8.29. The molecule has 130 valence electrons. The van der Waals surface area contributed by atoms with Crippen molar-refractivity contribution in [3.05, 3.63) is 35.4 Å². The number of carbonyl (C=O) groups is 1. The van der Waals surface area contributed by atoms with Gasteiger partial charge in [0.2, 0.25) is 5.91 Å². The fourth-order valence-corrected chi connectivity index (χ4v) is 5.16. The number of fused-ring (bicyclic) bond motifs is 2. The topological polar surface area (TPSA) is 32.3 Å². The van der Waals surface area contributed by atoms with Gasteiger partial charge in [0.25, 0.3) is 0 Å². The Morgan fingerprint density at radius 1 is 1.21 bits per heavy atom. The number of rotatable bonds is 4. The fraction of sp³-hybridized carbons (Fsp3) is 0.667. The lowest BCUT2D eigenvalue weighted by atomic mass is 9.92. The van der Waals surface area contributed by atoms with Crippen molar-refractivity contribution >= 4 is 5.91 Å². The highest BCUT2D eigenvalue weighted by molar-refractivity contribution is 5.79. The van der Waals surface area contributed by atoms with Crippen LogP contribution in [0.2, 0.25) is 0 Å². The number of benzene rings is 1. The van der Waals surface area contributed by atoms with Crippen molar-refractivity contribution in [3.8, 4) is 0 Å². The summed E-state index contributed by atoms with van der Waals surface area (Å²) in [4.78, 5) is 15.2. The molecule has 2 bridgehead atoms. The molecule has 4 rings (SSSR count). The summed E-state index contributed by atoms with van der Waals surface area (Å²) in [5.74, 6) is 2.17. The van der Waals surface area contributed by atoms with Crippen LogP contribution in [0.4, 0.5) is 0 Å². The van der Waals surface area contributed by atoms with Crippen LogP contribution in [0.15, 0.2) is 24.3 Å². The highest BCUT2D eigenvalue weighted by atomic mass is 16.2. The highest BCUT2D eigenvalue weighted by Gasteiger charge is 2.41. The summed E-state index contributed by atoms with van der Waals surface area (Å²) in [5.41, 5.74) is 2.75. The molecule has 3 heteroatoms. The van der Waals surface area contributed by atoms with Crippen LogP contribution in [0.1, 0.15) is 49.7 Å². The Hall–Kier alpha value is -1.35. The molecule has 1 amide bonds. The van der Waals surface area contributed by atoms with E-state index in [2.05, 4.69) is 41.4 Å². The second kappa shape index (κ2) is 6.87. The first-order valence-corrected chi connectivity index (χ1v) is 9.76. The molecule has 1 aromatic rings. The molecule has 3 nitrogen and oxygen atoms in total. The maximum absolute atomic E-state index is 12.8. The quantitative estimate of drug-likeness (QED) is 0.918. The van der Waals surface area contributed by atoms with Gasteiger partial charge in [-0.25, -0.2) is 0 Å². The van der Waals surface area contributed by atoms with Crippen molar-refractivity contribution in [2.45, 2.75) is 58.0 Å². The number of amides is 1. The van der Waals surface area contributed by atoms with Crippen molar-refractivity contribution in [3.63, 3.8) is 0 Å². The Labute approximate surface area is 145 Å². The minimum atomic E-state index is 0.182. The number of nitrogens with zero attached hydrogens (tertiary/aromatic N) is 1. The molecule has 0 radical (unpaired) electrons. The van der Waals surface area contributed by atoms with E-state index in [0.717, 1.165) is 44.3 Å². The zero-order valence-corrected chi connectivity index (χ0v) is 14.8.